The first-order valence-electron chi connectivity index (χ1n) is 5.71. The first-order chi connectivity index (χ1) is 8.11. The molecule has 1 atom stereocenters. The maximum Gasteiger partial charge on any atom is 0.267 e. The van der Waals surface area contributed by atoms with Crippen molar-refractivity contribution in [3.05, 3.63) is 35.5 Å². The van der Waals surface area contributed by atoms with Gasteiger partial charge in [0, 0.05) is 23.5 Å². The molecule has 1 unspecified atom stereocenters. The predicted molar refractivity (Wildman–Crippen MR) is 69.0 cm³/mol. The molecule has 90 valence electrons. The number of carbonyl (C=O) groups excluding carboxylic acids is 1. The smallest absolute Gasteiger partial charge is 0.267 e. The number of hydrogen-bond donors (Lipinski definition) is 3. The first-order valence-corrected chi connectivity index (χ1v) is 5.71. The Morgan fingerprint density at radius 3 is 2.94 bits per heavy atom. The van der Waals surface area contributed by atoms with Gasteiger partial charge in [0.1, 0.15) is 5.69 Å². The summed E-state index contributed by atoms with van der Waals surface area (Å²) in [5.41, 5.74) is 8.19. The van der Waals surface area contributed by atoms with E-state index < -0.39 is 0 Å². The van der Waals surface area contributed by atoms with Crippen LogP contribution in [0.15, 0.2) is 24.3 Å². The highest BCUT2D eigenvalue weighted by atomic mass is 16.1. The van der Waals surface area contributed by atoms with E-state index in [4.69, 9.17) is 5.73 Å². The maximum absolute atomic E-state index is 11.9. The van der Waals surface area contributed by atoms with Crippen molar-refractivity contribution in [1.82, 2.24) is 10.3 Å². The van der Waals surface area contributed by atoms with Crippen LogP contribution in [0.25, 0.3) is 10.9 Å². The summed E-state index contributed by atoms with van der Waals surface area (Å²) in [6.45, 7) is 4.34. The van der Waals surface area contributed by atoms with E-state index in [1.807, 2.05) is 38.1 Å². The number of hydrogen-bond acceptors (Lipinski definition) is 2. The molecule has 1 aromatic carbocycles. The van der Waals surface area contributed by atoms with Crippen molar-refractivity contribution in [2.75, 3.05) is 6.54 Å². The van der Waals surface area contributed by atoms with Crippen LogP contribution in [0.3, 0.4) is 0 Å². The summed E-state index contributed by atoms with van der Waals surface area (Å²) in [6.07, 6.45) is 0. The lowest BCUT2D eigenvalue weighted by Crippen LogP contribution is -2.37. The molecule has 1 amide bonds. The van der Waals surface area contributed by atoms with Crippen molar-refractivity contribution in [1.29, 1.82) is 0 Å². The summed E-state index contributed by atoms with van der Waals surface area (Å²) >= 11 is 0. The van der Waals surface area contributed by atoms with E-state index in [-0.39, 0.29) is 11.9 Å². The molecule has 0 fully saturated rings. The number of fused-ring (bicyclic) bond motifs is 1. The number of aromatic amines is 1. The Bertz CT molecular complexity index is 545. The number of aryl methyl sites for hydroxylation is 1. The molecule has 0 radical (unpaired) electrons. The van der Waals surface area contributed by atoms with E-state index in [9.17, 15) is 4.79 Å². The van der Waals surface area contributed by atoms with Crippen LogP contribution in [0.1, 0.15) is 23.0 Å². The molecule has 0 aliphatic heterocycles. The highest BCUT2D eigenvalue weighted by Gasteiger charge is 2.11. The average molecular weight is 231 g/mol. The topological polar surface area (TPSA) is 70.9 Å². The lowest BCUT2D eigenvalue weighted by molar-refractivity contribution is 0.0937. The fraction of sp³-hybridized carbons (Fsp3) is 0.308. The molecule has 1 heterocycles. The van der Waals surface area contributed by atoms with Crippen LogP contribution in [0.2, 0.25) is 0 Å². The van der Waals surface area contributed by atoms with Gasteiger partial charge in [0.05, 0.1) is 0 Å². The Morgan fingerprint density at radius 1 is 1.53 bits per heavy atom. The van der Waals surface area contributed by atoms with Crippen molar-refractivity contribution < 1.29 is 4.79 Å². The van der Waals surface area contributed by atoms with Crippen LogP contribution < -0.4 is 11.1 Å². The van der Waals surface area contributed by atoms with Crippen molar-refractivity contribution in [2.24, 2.45) is 5.73 Å². The molecule has 2 rings (SSSR count). The monoisotopic (exact) mass is 231 g/mol. The third kappa shape index (κ3) is 2.31. The molecular weight excluding hydrogens is 214 g/mol. The highest BCUT2D eigenvalue weighted by Crippen LogP contribution is 2.19. The van der Waals surface area contributed by atoms with Gasteiger partial charge in [0.15, 0.2) is 0 Å². The molecule has 0 aliphatic rings. The molecule has 0 saturated heterocycles. The van der Waals surface area contributed by atoms with Gasteiger partial charge >= 0.3 is 0 Å². The summed E-state index contributed by atoms with van der Waals surface area (Å²) in [6, 6.07) is 7.82. The summed E-state index contributed by atoms with van der Waals surface area (Å²) in [4.78, 5) is 15.0. The zero-order chi connectivity index (χ0) is 12.4. The van der Waals surface area contributed by atoms with Crippen LogP contribution in [0.5, 0.6) is 0 Å². The van der Waals surface area contributed by atoms with Gasteiger partial charge in [-0.05, 0) is 31.5 Å². The molecule has 4 heteroatoms. The quantitative estimate of drug-likeness (QED) is 0.750. The molecule has 0 bridgehead atoms. The fourth-order valence-electron chi connectivity index (χ4n) is 1.79. The second-order valence-corrected chi connectivity index (χ2v) is 4.33. The Kier molecular flexibility index (Phi) is 3.15. The number of benzene rings is 1. The molecule has 2 aromatic rings. The zero-order valence-corrected chi connectivity index (χ0v) is 10.1. The van der Waals surface area contributed by atoms with Gasteiger partial charge in [-0.15, -0.1) is 0 Å². The SMILES string of the molecule is Cc1cccc2[nH]c(C(=O)NC(C)CN)cc12. The first kappa shape index (κ1) is 11.7. The van der Waals surface area contributed by atoms with Gasteiger partial charge in [0.25, 0.3) is 5.91 Å². The molecular formula is C13H17N3O. The second kappa shape index (κ2) is 4.59. The van der Waals surface area contributed by atoms with Crippen LogP contribution in [0, 0.1) is 6.92 Å². The van der Waals surface area contributed by atoms with Gasteiger partial charge in [-0.3, -0.25) is 4.79 Å². The Balaban J connectivity index is 2.30. The Hall–Kier alpha value is -1.81. The maximum atomic E-state index is 11.9. The predicted octanol–water partition coefficient (Wildman–Crippen LogP) is 1.55. The summed E-state index contributed by atoms with van der Waals surface area (Å²) < 4.78 is 0. The fourth-order valence-corrected chi connectivity index (χ4v) is 1.79. The number of nitrogens with one attached hydrogen (secondary N) is 2. The van der Waals surface area contributed by atoms with Crippen LogP contribution in [0.4, 0.5) is 0 Å². The minimum atomic E-state index is -0.112. The highest BCUT2D eigenvalue weighted by molar-refractivity contribution is 5.98. The van der Waals surface area contributed by atoms with Gasteiger partial charge < -0.3 is 16.0 Å². The van der Waals surface area contributed by atoms with E-state index in [1.165, 1.54) is 0 Å². The number of carbonyl (C=O) groups is 1. The number of amides is 1. The van der Waals surface area contributed by atoms with Crippen molar-refractivity contribution >= 4 is 16.8 Å². The lowest BCUT2D eigenvalue weighted by atomic mass is 10.1. The molecule has 0 spiro atoms. The van der Waals surface area contributed by atoms with Crippen molar-refractivity contribution in [3.8, 4) is 0 Å². The second-order valence-electron chi connectivity index (χ2n) is 4.33. The van der Waals surface area contributed by atoms with Crippen molar-refractivity contribution in [2.45, 2.75) is 19.9 Å². The van der Waals surface area contributed by atoms with Crippen LogP contribution in [-0.2, 0) is 0 Å². The van der Waals surface area contributed by atoms with E-state index >= 15 is 0 Å². The average Bonchev–Trinajstić information content (AvgIpc) is 2.74. The largest absolute Gasteiger partial charge is 0.351 e. The Labute approximate surface area is 100 Å². The number of nitrogens with two attached hydrogens (primary N) is 1. The molecule has 0 aliphatic carbocycles. The Morgan fingerprint density at radius 2 is 2.29 bits per heavy atom. The number of rotatable bonds is 3. The number of H-pyrrole nitrogens is 1. The van der Waals surface area contributed by atoms with Crippen LogP contribution >= 0.6 is 0 Å². The van der Waals surface area contributed by atoms with Gasteiger partial charge in [0.2, 0.25) is 0 Å². The molecule has 0 saturated carbocycles. The zero-order valence-electron chi connectivity index (χ0n) is 10.1. The normalized spacial score (nSPS) is 12.6. The van der Waals surface area contributed by atoms with Crippen LogP contribution in [-0.4, -0.2) is 23.5 Å². The molecule has 4 nitrogen and oxygen atoms in total. The summed E-state index contributed by atoms with van der Waals surface area (Å²) in [5.74, 6) is -0.112. The van der Waals surface area contributed by atoms with E-state index in [0.717, 1.165) is 16.5 Å². The minimum Gasteiger partial charge on any atom is -0.351 e. The third-order valence-corrected chi connectivity index (χ3v) is 2.86. The molecule has 1 aromatic heterocycles. The summed E-state index contributed by atoms with van der Waals surface area (Å²) in [5, 5.41) is 3.91. The molecule has 17 heavy (non-hydrogen) atoms. The van der Waals surface area contributed by atoms with E-state index in [1.54, 1.807) is 0 Å². The molecule has 4 N–H and O–H groups in total. The summed E-state index contributed by atoms with van der Waals surface area (Å²) in [7, 11) is 0. The standard InChI is InChI=1S/C13H17N3O/c1-8-4-3-5-11-10(8)6-12(16-11)13(17)15-9(2)7-14/h3-6,9,16H,7,14H2,1-2H3,(H,15,17). The third-order valence-electron chi connectivity index (χ3n) is 2.86. The minimum absolute atomic E-state index is 0.0185. The van der Waals surface area contributed by atoms with E-state index in [2.05, 4.69) is 10.3 Å². The van der Waals surface area contributed by atoms with Crippen molar-refractivity contribution in [3.63, 3.8) is 0 Å². The lowest BCUT2D eigenvalue weighted by Gasteiger charge is -2.09. The van der Waals surface area contributed by atoms with E-state index in [0.29, 0.717) is 12.2 Å². The van der Waals surface area contributed by atoms with Gasteiger partial charge in [-0.2, -0.15) is 0 Å². The van der Waals surface area contributed by atoms with Gasteiger partial charge in [-0.25, -0.2) is 0 Å². The van der Waals surface area contributed by atoms with Gasteiger partial charge in [-0.1, -0.05) is 12.1 Å². The number of aromatic nitrogens is 1.